The Kier molecular flexibility index (Phi) is 32.9. The number of aromatic amines is 5. The summed E-state index contributed by atoms with van der Waals surface area (Å²) >= 11 is 0. The van der Waals surface area contributed by atoms with Gasteiger partial charge in [0.2, 0.25) is 29.7 Å². The topological polar surface area (TPSA) is 534 Å². The Morgan fingerprint density at radius 3 is 0.750 bits per heavy atom. The van der Waals surface area contributed by atoms with Crippen molar-refractivity contribution in [1.29, 1.82) is 0 Å². The van der Waals surface area contributed by atoms with Gasteiger partial charge in [0.25, 0.3) is 0 Å². The van der Waals surface area contributed by atoms with E-state index in [2.05, 4.69) is 203 Å². The lowest BCUT2D eigenvalue weighted by molar-refractivity contribution is 0.772. The fraction of sp³-hybridized carbons (Fsp3) is 0.391. The molecule has 0 aliphatic rings. The van der Waals surface area contributed by atoms with E-state index in [9.17, 15) is 24.0 Å². The average molecular weight is 1690 g/mol. The van der Waals surface area contributed by atoms with Crippen molar-refractivity contribution in [1.82, 2.24) is 108 Å². The fourth-order valence-electron chi connectivity index (χ4n) is 13.1. The Morgan fingerprint density at radius 1 is 0.290 bits per heavy atom. The minimum Gasteiger partial charge on any atom is -0.382 e. The van der Waals surface area contributed by atoms with Crippen molar-refractivity contribution in [3.05, 3.63) is 218 Å². The maximum absolute atomic E-state index is 12.4. The number of hydrogen-bond acceptors (Lipinski definition) is 27. The standard InChI is InChI=1S/3C18H24N6O.2C16H21N7O.CH4/c2*1-3-5-10-20-17-22-15(19)14-16(23-17)24(18(25)21-14)11-13-8-6-12(4-2)7-9-13;1-3-5-9-20-17-22-15(19)14-16(23-17)24(18(25)21-14)11-13-8-6-7-12(4-2)10-13;2*1-3-4-7-18-15-21-13(17)12-14(22-15)23(16(24)20-12)9-11-6-5-10(2)19-8-11;/h2*6-9H,3-5,10-11H2,1-2H3,(H,21,25)(H3,19,20,22,23);6-8,10H,3-5,9,11H2,1-2H3,(H,21,25)(H3,19,20,22,23);2*5-6,8H,3-4,7,9H2,1-2H3,(H,20,24)(H3,17,18,21,22);1H4. The lowest BCUT2D eigenvalue weighted by Gasteiger charge is -2.08. The van der Waals surface area contributed by atoms with Crippen LogP contribution in [0.15, 0.2) is 133 Å². The lowest BCUT2D eigenvalue weighted by Crippen LogP contribution is -2.18. The van der Waals surface area contributed by atoms with Crippen molar-refractivity contribution in [2.45, 2.75) is 193 Å². The van der Waals surface area contributed by atoms with Crippen molar-refractivity contribution in [3.63, 3.8) is 0 Å². The number of fused-ring (bicyclic) bond motifs is 5. The number of rotatable bonds is 33. The molecule has 3 aromatic carbocycles. The molecule has 656 valence electrons. The maximum Gasteiger partial charge on any atom is 0.328 e. The number of imidazole rings is 5. The highest BCUT2D eigenvalue weighted by molar-refractivity contribution is 5.86. The zero-order valence-corrected chi connectivity index (χ0v) is 71.7. The van der Waals surface area contributed by atoms with E-state index >= 15 is 0 Å². The molecule has 0 radical (unpaired) electrons. The summed E-state index contributed by atoms with van der Waals surface area (Å²) in [5, 5.41) is 15.8. The van der Waals surface area contributed by atoms with Gasteiger partial charge in [-0.15, -0.1) is 0 Å². The van der Waals surface area contributed by atoms with Crippen LogP contribution in [0, 0.1) is 13.8 Å². The van der Waals surface area contributed by atoms with Gasteiger partial charge in [-0.2, -0.15) is 49.8 Å². The van der Waals surface area contributed by atoms with Crippen LogP contribution in [0.1, 0.15) is 183 Å². The van der Waals surface area contributed by atoms with Gasteiger partial charge in [-0.3, -0.25) is 32.8 Å². The van der Waals surface area contributed by atoms with Gasteiger partial charge in [0.15, 0.2) is 57.3 Å². The van der Waals surface area contributed by atoms with E-state index in [0.29, 0.717) is 118 Å². The maximum atomic E-state index is 12.4. The normalized spacial score (nSPS) is 11.0. The Hall–Kier alpha value is -14.3. The van der Waals surface area contributed by atoms with Crippen molar-refractivity contribution in [3.8, 4) is 0 Å². The van der Waals surface area contributed by atoms with Crippen LogP contribution < -0.4 is 83.7 Å². The first kappa shape index (κ1) is 92.0. The van der Waals surface area contributed by atoms with Crippen molar-refractivity contribution in [2.75, 3.05) is 88.0 Å². The zero-order chi connectivity index (χ0) is 87.6. The van der Waals surface area contributed by atoms with Gasteiger partial charge in [0.05, 0.1) is 32.7 Å². The summed E-state index contributed by atoms with van der Waals surface area (Å²) in [4.78, 5) is 127. The van der Waals surface area contributed by atoms with Gasteiger partial charge in [-0.05, 0) is 122 Å². The highest BCUT2D eigenvalue weighted by Crippen LogP contribution is 2.25. The van der Waals surface area contributed by atoms with Crippen LogP contribution in [0.3, 0.4) is 0 Å². The second kappa shape index (κ2) is 44.3. The first-order chi connectivity index (χ1) is 59.5. The highest BCUT2D eigenvalue weighted by Gasteiger charge is 2.21. The first-order valence-electron chi connectivity index (χ1n) is 42.1. The van der Waals surface area contributed by atoms with Crippen molar-refractivity contribution >= 4 is 115 Å². The summed E-state index contributed by atoms with van der Waals surface area (Å²) in [6, 6.07) is 32.4. The predicted octanol–water partition coefficient (Wildman–Crippen LogP) is 11.5. The van der Waals surface area contributed by atoms with E-state index in [1.165, 1.54) is 16.7 Å². The van der Waals surface area contributed by atoms with Crippen molar-refractivity contribution < 1.29 is 0 Å². The number of pyridine rings is 2. The fourth-order valence-corrected chi connectivity index (χ4v) is 13.1. The second-order valence-corrected chi connectivity index (χ2v) is 29.8. The first-order valence-corrected chi connectivity index (χ1v) is 42.1. The lowest BCUT2D eigenvalue weighted by atomic mass is 10.1. The SMILES string of the molecule is C.CCCCNc1nc(N)c2[nH]c(=O)n(Cc3ccc(C)nc3)c2n1.CCCCNc1nc(N)c2[nH]c(=O)n(Cc3ccc(C)nc3)c2n1.CCCCNc1nc(N)c2[nH]c(=O)n(Cc3ccc(CC)cc3)c2n1.CCCCNc1nc(N)c2[nH]c(=O)n(Cc3ccc(CC)cc3)c2n1.CCCCNc1nc(N)c2[nH]c(=O)n(Cc3cccc(CC)c3)c2n1. The number of aryl methyl sites for hydroxylation is 5. The zero-order valence-electron chi connectivity index (χ0n) is 71.7. The molecule has 20 N–H and O–H groups in total. The molecule has 0 fully saturated rings. The number of H-pyrrole nitrogens is 5. The van der Waals surface area contributed by atoms with E-state index in [4.69, 9.17) is 28.7 Å². The minimum atomic E-state index is -0.266. The predicted molar refractivity (Wildman–Crippen MR) is 497 cm³/mol. The number of unbranched alkanes of at least 4 members (excludes halogenated alkanes) is 5. The molecule has 12 aromatic heterocycles. The summed E-state index contributed by atoms with van der Waals surface area (Å²) in [6.45, 7) is 26.7. The molecule has 12 heterocycles. The van der Waals surface area contributed by atoms with Crippen LogP contribution in [0.5, 0.6) is 0 Å². The smallest absolute Gasteiger partial charge is 0.328 e. The summed E-state index contributed by atoms with van der Waals surface area (Å²) in [5.41, 5.74) is 44.2. The van der Waals surface area contributed by atoms with E-state index in [1.54, 1.807) is 35.2 Å². The molecule has 0 saturated heterocycles. The van der Waals surface area contributed by atoms with Crippen LogP contribution in [-0.4, -0.2) is 140 Å². The molecular formula is C87H118N32O5. The Morgan fingerprint density at radius 2 is 0.516 bits per heavy atom. The van der Waals surface area contributed by atoms with E-state index < -0.39 is 0 Å². The van der Waals surface area contributed by atoms with Gasteiger partial charge < -0.3 is 80.2 Å². The molecule has 0 bridgehead atoms. The van der Waals surface area contributed by atoms with Gasteiger partial charge >= 0.3 is 28.4 Å². The number of hydrogen-bond donors (Lipinski definition) is 15. The Balaban J connectivity index is 0.000000162. The summed E-state index contributed by atoms with van der Waals surface area (Å²) < 4.78 is 7.89. The molecule has 15 aromatic rings. The highest BCUT2D eigenvalue weighted by atomic mass is 16.2. The molecule has 0 aliphatic carbocycles. The third-order valence-corrected chi connectivity index (χ3v) is 20.2. The van der Waals surface area contributed by atoms with Gasteiger partial charge in [-0.25, -0.2) is 24.0 Å². The minimum absolute atomic E-state index is 0. The molecule has 0 unspecified atom stereocenters. The second-order valence-electron chi connectivity index (χ2n) is 29.8. The molecule has 0 aliphatic heterocycles. The number of nitrogens with two attached hydrogens (primary N) is 5. The third-order valence-electron chi connectivity index (χ3n) is 20.2. The largest absolute Gasteiger partial charge is 0.382 e. The molecule has 0 amide bonds. The number of nitrogens with zero attached hydrogens (tertiary/aromatic N) is 17. The van der Waals surface area contributed by atoms with Gasteiger partial charge in [0.1, 0.15) is 27.6 Å². The van der Waals surface area contributed by atoms with E-state index in [-0.39, 0.29) is 65.0 Å². The monoisotopic (exact) mass is 1690 g/mol. The van der Waals surface area contributed by atoms with Gasteiger partial charge in [0, 0.05) is 56.5 Å². The van der Waals surface area contributed by atoms with Crippen LogP contribution in [0.4, 0.5) is 58.8 Å². The summed E-state index contributed by atoms with van der Waals surface area (Å²) in [5.74, 6) is 3.58. The van der Waals surface area contributed by atoms with Crippen LogP contribution in [-0.2, 0) is 52.0 Å². The van der Waals surface area contributed by atoms with Crippen LogP contribution in [0.2, 0.25) is 0 Å². The van der Waals surface area contributed by atoms with E-state index in [1.807, 2.05) is 74.5 Å². The molecule has 15 rings (SSSR count). The van der Waals surface area contributed by atoms with Gasteiger partial charge in [-0.1, -0.05) is 180 Å². The number of nitrogens with one attached hydrogen (secondary N) is 10. The Bertz CT molecular complexity index is 6010. The van der Waals surface area contributed by atoms with Crippen LogP contribution >= 0.6 is 0 Å². The Labute approximate surface area is 717 Å². The van der Waals surface area contributed by atoms with Crippen LogP contribution in [0.25, 0.3) is 55.8 Å². The van der Waals surface area contributed by atoms with Crippen molar-refractivity contribution in [2.24, 2.45) is 0 Å². The summed E-state index contributed by atoms with van der Waals surface area (Å²) in [6.07, 6.45) is 16.9. The molecule has 0 saturated carbocycles. The molecular weight excluding hydrogens is 1570 g/mol. The molecule has 0 spiro atoms. The van der Waals surface area contributed by atoms with E-state index in [0.717, 1.165) is 155 Å². The number of aromatic nitrogens is 22. The molecule has 124 heavy (non-hydrogen) atoms. The average Bonchev–Trinajstić information content (AvgIpc) is 1.66. The molecule has 37 nitrogen and oxygen atoms in total. The quantitative estimate of drug-likeness (QED) is 0.0170. The number of nitrogen functional groups attached to an aromatic ring is 5. The number of benzene rings is 3. The number of anilines is 10. The molecule has 37 heteroatoms. The molecule has 0 atom stereocenters. The third kappa shape index (κ3) is 23.9. The summed E-state index contributed by atoms with van der Waals surface area (Å²) in [7, 11) is 0.